The van der Waals surface area contributed by atoms with Crippen molar-refractivity contribution in [2.24, 2.45) is 11.1 Å². The molecule has 1 aliphatic heterocycles. The normalized spacial score (nSPS) is 21.8. The molecular weight excluding hydrogens is 202 g/mol. The van der Waals surface area contributed by atoms with Crippen LogP contribution < -0.4 is 11.1 Å². The van der Waals surface area contributed by atoms with Gasteiger partial charge in [-0.3, -0.25) is 4.79 Å². The van der Waals surface area contributed by atoms with Gasteiger partial charge in [-0.25, -0.2) is 0 Å². The van der Waals surface area contributed by atoms with Crippen LogP contribution in [0.3, 0.4) is 0 Å². The van der Waals surface area contributed by atoms with Gasteiger partial charge in [-0.15, -0.1) is 0 Å². The van der Waals surface area contributed by atoms with E-state index < -0.39 is 5.54 Å². The second kappa shape index (κ2) is 4.72. The van der Waals surface area contributed by atoms with Crippen molar-refractivity contribution in [3.05, 3.63) is 0 Å². The van der Waals surface area contributed by atoms with Crippen LogP contribution in [-0.2, 0) is 4.79 Å². The average Bonchev–Trinajstić information content (AvgIpc) is 2.18. The van der Waals surface area contributed by atoms with Crippen LogP contribution in [0.2, 0.25) is 0 Å². The standard InChI is InChI=1S/C12H25N3O/c1-11(2,13)10(16)14-9-12(3)5-7-15(4)8-6-12/h5-9,13H2,1-4H3,(H,14,16). The van der Waals surface area contributed by atoms with E-state index in [2.05, 4.69) is 24.2 Å². The molecule has 0 spiro atoms. The Labute approximate surface area is 98.6 Å². The maximum Gasteiger partial charge on any atom is 0.239 e. The number of amides is 1. The number of likely N-dealkylation sites (tertiary alicyclic amines) is 1. The summed E-state index contributed by atoms with van der Waals surface area (Å²) >= 11 is 0. The second-order valence-corrected chi connectivity index (χ2v) is 6.02. The summed E-state index contributed by atoms with van der Waals surface area (Å²) in [5, 5.41) is 2.97. The quantitative estimate of drug-likeness (QED) is 0.741. The van der Waals surface area contributed by atoms with Crippen molar-refractivity contribution < 1.29 is 4.79 Å². The number of hydrogen-bond donors (Lipinski definition) is 2. The minimum Gasteiger partial charge on any atom is -0.354 e. The molecule has 4 nitrogen and oxygen atoms in total. The maximum absolute atomic E-state index is 11.7. The van der Waals surface area contributed by atoms with Crippen LogP contribution in [0, 0.1) is 5.41 Å². The molecule has 0 bridgehead atoms. The van der Waals surface area contributed by atoms with E-state index in [-0.39, 0.29) is 11.3 Å². The SMILES string of the molecule is CN1CCC(C)(CNC(=O)C(C)(C)N)CC1. The molecular formula is C12H25N3O. The molecule has 0 saturated carbocycles. The Hall–Kier alpha value is -0.610. The van der Waals surface area contributed by atoms with Gasteiger partial charge in [0.15, 0.2) is 0 Å². The van der Waals surface area contributed by atoms with Gasteiger partial charge in [0.25, 0.3) is 0 Å². The minimum atomic E-state index is -0.776. The predicted octanol–water partition coefficient (Wildman–Crippen LogP) is 0.572. The Morgan fingerprint density at radius 2 is 1.94 bits per heavy atom. The number of rotatable bonds is 3. The van der Waals surface area contributed by atoms with E-state index in [9.17, 15) is 4.79 Å². The third-order valence-electron chi connectivity index (χ3n) is 3.46. The number of carbonyl (C=O) groups is 1. The molecule has 0 atom stereocenters. The van der Waals surface area contributed by atoms with Gasteiger partial charge in [-0.2, -0.15) is 0 Å². The van der Waals surface area contributed by atoms with Crippen LogP contribution in [0.4, 0.5) is 0 Å². The highest BCUT2D eigenvalue weighted by Crippen LogP contribution is 2.29. The van der Waals surface area contributed by atoms with E-state index in [4.69, 9.17) is 5.73 Å². The monoisotopic (exact) mass is 227 g/mol. The van der Waals surface area contributed by atoms with Gasteiger partial charge >= 0.3 is 0 Å². The Bertz CT molecular complexity index is 249. The summed E-state index contributed by atoms with van der Waals surface area (Å²) < 4.78 is 0. The average molecular weight is 227 g/mol. The second-order valence-electron chi connectivity index (χ2n) is 6.02. The van der Waals surface area contributed by atoms with Crippen LogP contribution in [0.15, 0.2) is 0 Å². The first-order valence-corrected chi connectivity index (χ1v) is 5.99. The minimum absolute atomic E-state index is 0.0624. The van der Waals surface area contributed by atoms with E-state index in [1.54, 1.807) is 13.8 Å². The summed E-state index contributed by atoms with van der Waals surface area (Å²) in [6.45, 7) is 8.67. The van der Waals surface area contributed by atoms with E-state index >= 15 is 0 Å². The first-order chi connectivity index (χ1) is 7.23. The number of nitrogens with zero attached hydrogens (tertiary/aromatic N) is 1. The zero-order valence-electron chi connectivity index (χ0n) is 11.0. The molecule has 1 fully saturated rings. The number of nitrogens with two attached hydrogens (primary N) is 1. The van der Waals surface area contributed by atoms with Gasteiger partial charge in [0, 0.05) is 6.54 Å². The molecule has 0 aromatic rings. The van der Waals surface area contributed by atoms with Gasteiger partial charge in [-0.05, 0) is 52.2 Å². The number of carbonyl (C=O) groups excluding carboxylic acids is 1. The summed E-state index contributed by atoms with van der Waals surface area (Å²) in [5.74, 6) is -0.0624. The fourth-order valence-electron chi connectivity index (χ4n) is 1.86. The van der Waals surface area contributed by atoms with Crippen molar-refractivity contribution in [1.82, 2.24) is 10.2 Å². The molecule has 1 rings (SSSR count). The molecule has 0 aromatic carbocycles. The lowest BCUT2D eigenvalue weighted by Gasteiger charge is -2.38. The summed E-state index contributed by atoms with van der Waals surface area (Å²) in [5.41, 5.74) is 5.19. The molecule has 16 heavy (non-hydrogen) atoms. The first kappa shape index (κ1) is 13.5. The molecule has 4 heteroatoms. The van der Waals surface area contributed by atoms with Gasteiger partial charge in [-0.1, -0.05) is 6.92 Å². The maximum atomic E-state index is 11.7. The molecule has 1 saturated heterocycles. The first-order valence-electron chi connectivity index (χ1n) is 5.99. The highest BCUT2D eigenvalue weighted by Gasteiger charge is 2.31. The fraction of sp³-hybridized carbons (Fsp3) is 0.917. The zero-order chi connectivity index (χ0) is 12.4. The summed E-state index contributed by atoms with van der Waals surface area (Å²) in [6.07, 6.45) is 2.27. The van der Waals surface area contributed by atoms with Gasteiger partial charge in [0.05, 0.1) is 5.54 Å². The van der Waals surface area contributed by atoms with Crippen LogP contribution in [0.5, 0.6) is 0 Å². The Kier molecular flexibility index (Phi) is 3.97. The Morgan fingerprint density at radius 3 is 2.38 bits per heavy atom. The van der Waals surface area contributed by atoms with Crippen LogP contribution >= 0.6 is 0 Å². The topological polar surface area (TPSA) is 58.4 Å². The van der Waals surface area contributed by atoms with Crippen molar-refractivity contribution in [2.75, 3.05) is 26.7 Å². The summed E-state index contributed by atoms with van der Waals surface area (Å²) in [7, 11) is 2.14. The molecule has 1 heterocycles. The Balaban J connectivity index is 2.40. The van der Waals surface area contributed by atoms with Gasteiger partial charge in [0.1, 0.15) is 0 Å². The van der Waals surface area contributed by atoms with Gasteiger partial charge in [0.2, 0.25) is 5.91 Å². The van der Waals surface area contributed by atoms with Crippen LogP contribution in [-0.4, -0.2) is 43.0 Å². The number of piperidine rings is 1. The smallest absolute Gasteiger partial charge is 0.239 e. The molecule has 1 aliphatic rings. The molecule has 3 N–H and O–H groups in total. The molecule has 0 aromatic heterocycles. The molecule has 0 aliphatic carbocycles. The van der Waals surface area contributed by atoms with Gasteiger partial charge < -0.3 is 16.0 Å². The van der Waals surface area contributed by atoms with Crippen molar-refractivity contribution in [1.29, 1.82) is 0 Å². The third kappa shape index (κ3) is 3.76. The number of nitrogens with one attached hydrogen (secondary N) is 1. The molecule has 1 amide bonds. The predicted molar refractivity (Wildman–Crippen MR) is 66.1 cm³/mol. The lowest BCUT2D eigenvalue weighted by molar-refractivity contribution is -0.125. The number of hydrogen-bond acceptors (Lipinski definition) is 3. The molecule has 0 radical (unpaired) electrons. The highest BCUT2D eigenvalue weighted by atomic mass is 16.2. The van der Waals surface area contributed by atoms with E-state index in [0.717, 1.165) is 32.5 Å². The van der Waals surface area contributed by atoms with Crippen molar-refractivity contribution >= 4 is 5.91 Å². The molecule has 0 unspecified atom stereocenters. The van der Waals surface area contributed by atoms with E-state index in [0.29, 0.717) is 0 Å². The lowest BCUT2D eigenvalue weighted by atomic mass is 9.80. The summed E-state index contributed by atoms with van der Waals surface area (Å²) in [4.78, 5) is 14.0. The highest BCUT2D eigenvalue weighted by molar-refractivity contribution is 5.85. The van der Waals surface area contributed by atoms with E-state index in [1.807, 2.05) is 0 Å². The third-order valence-corrected chi connectivity index (χ3v) is 3.46. The molecule has 94 valence electrons. The van der Waals surface area contributed by atoms with Crippen molar-refractivity contribution in [3.8, 4) is 0 Å². The van der Waals surface area contributed by atoms with Crippen LogP contribution in [0.1, 0.15) is 33.6 Å². The zero-order valence-corrected chi connectivity index (χ0v) is 11.0. The summed E-state index contributed by atoms with van der Waals surface area (Å²) in [6, 6.07) is 0. The Morgan fingerprint density at radius 1 is 1.44 bits per heavy atom. The lowest BCUT2D eigenvalue weighted by Crippen LogP contribution is -2.52. The van der Waals surface area contributed by atoms with E-state index in [1.165, 1.54) is 0 Å². The van der Waals surface area contributed by atoms with Crippen molar-refractivity contribution in [2.45, 2.75) is 39.2 Å². The fourth-order valence-corrected chi connectivity index (χ4v) is 1.86. The largest absolute Gasteiger partial charge is 0.354 e. The van der Waals surface area contributed by atoms with Crippen molar-refractivity contribution in [3.63, 3.8) is 0 Å². The van der Waals surface area contributed by atoms with Crippen LogP contribution in [0.25, 0.3) is 0 Å².